The number of para-hydroxylation sites is 1. The highest BCUT2D eigenvalue weighted by Crippen LogP contribution is 2.26. The zero-order chi connectivity index (χ0) is 16.8. The molecule has 2 N–H and O–H groups in total. The molecule has 1 aromatic carbocycles. The Balaban J connectivity index is 1.90. The summed E-state index contributed by atoms with van der Waals surface area (Å²) < 4.78 is 0. The second-order valence-corrected chi connectivity index (χ2v) is 6.20. The van der Waals surface area contributed by atoms with Crippen molar-refractivity contribution in [3.8, 4) is 0 Å². The number of nitrogens with one attached hydrogen (secondary N) is 2. The van der Waals surface area contributed by atoms with Crippen LogP contribution < -0.4 is 10.7 Å². The van der Waals surface area contributed by atoms with Gasteiger partial charge in [-0.15, -0.1) is 0 Å². The second kappa shape index (κ2) is 7.97. The van der Waals surface area contributed by atoms with Gasteiger partial charge in [-0.3, -0.25) is 4.79 Å². The first-order chi connectivity index (χ1) is 11.0. The molecule has 1 aliphatic rings. The van der Waals surface area contributed by atoms with Crippen LogP contribution in [0.4, 0.5) is 5.69 Å². The van der Waals surface area contributed by atoms with Gasteiger partial charge in [0.25, 0.3) is 5.91 Å². The predicted molar refractivity (Wildman–Crippen MR) is 96.8 cm³/mol. The molecule has 0 saturated carbocycles. The fraction of sp³-hybridized carbons (Fsp3) is 0.333. The smallest absolute Gasteiger partial charge is 0.259 e. The van der Waals surface area contributed by atoms with Crippen molar-refractivity contribution in [2.24, 2.45) is 11.0 Å². The number of benzene rings is 1. The third-order valence-corrected chi connectivity index (χ3v) is 4.26. The highest BCUT2D eigenvalue weighted by atomic mass is 35.5. The molecule has 23 heavy (non-hydrogen) atoms. The molecule has 4 nitrogen and oxygen atoms in total. The summed E-state index contributed by atoms with van der Waals surface area (Å²) in [5.41, 5.74) is 6.51. The van der Waals surface area contributed by atoms with E-state index in [1.807, 2.05) is 32.0 Å². The average Bonchev–Trinajstić information content (AvgIpc) is 2.53. The van der Waals surface area contributed by atoms with Crippen molar-refractivity contribution < 1.29 is 4.79 Å². The van der Waals surface area contributed by atoms with Gasteiger partial charge in [0.2, 0.25) is 0 Å². The van der Waals surface area contributed by atoms with Crippen LogP contribution in [0.5, 0.6) is 0 Å². The summed E-state index contributed by atoms with van der Waals surface area (Å²) in [6, 6.07) is 7.30. The van der Waals surface area contributed by atoms with E-state index in [1.165, 1.54) is 0 Å². The van der Waals surface area contributed by atoms with Crippen LogP contribution in [-0.2, 0) is 4.79 Å². The summed E-state index contributed by atoms with van der Waals surface area (Å²) in [7, 11) is 0. The minimum absolute atomic E-state index is 0.118. The molecule has 0 aliphatic heterocycles. The highest BCUT2D eigenvalue weighted by molar-refractivity contribution is 6.33. The standard InChI is InChI=1S/C18H22ClN3O/c1-12(2)14-9-8-13(3)17(10-14)21-22-18(23)11-20-16-7-5-4-6-15(16)19/h4-8,14,20H,1,9-11H2,2-3H3,(H,22,23)/t14-/m1/s1. The van der Waals surface area contributed by atoms with E-state index in [4.69, 9.17) is 11.6 Å². The Morgan fingerprint density at radius 3 is 2.87 bits per heavy atom. The molecular weight excluding hydrogens is 310 g/mol. The first-order valence-corrected chi connectivity index (χ1v) is 8.01. The van der Waals surface area contributed by atoms with E-state index in [9.17, 15) is 4.79 Å². The summed E-state index contributed by atoms with van der Waals surface area (Å²) in [4.78, 5) is 11.9. The molecule has 1 aromatic rings. The van der Waals surface area contributed by atoms with Gasteiger partial charge in [-0.1, -0.05) is 42.0 Å². The minimum atomic E-state index is -0.206. The number of rotatable bonds is 5. The highest BCUT2D eigenvalue weighted by Gasteiger charge is 2.18. The monoisotopic (exact) mass is 331 g/mol. The maximum atomic E-state index is 11.9. The van der Waals surface area contributed by atoms with Crippen LogP contribution in [0.2, 0.25) is 5.02 Å². The van der Waals surface area contributed by atoms with Crippen molar-refractivity contribution in [1.82, 2.24) is 5.43 Å². The normalized spacial score (nSPS) is 19.2. The van der Waals surface area contributed by atoms with Gasteiger partial charge in [-0.25, -0.2) is 5.43 Å². The summed E-state index contributed by atoms with van der Waals surface area (Å²) in [6.45, 7) is 8.18. The van der Waals surface area contributed by atoms with Crippen molar-refractivity contribution in [3.63, 3.8) is 0 Å². The number of hydrogen-bond donors (Lipinski definition) is 2. The molecule has 0 unspecified atom stereocenters. The molecule has 2 rings (SSSR count). The molecule has 1 aliphatic carbocycles. The molecule has 0 radical (unpaired) electrons. The van der Waals surface area contributed by atoms with E-state index in [0.29, 0.717) is 10.9 Å². The van der Waals surface area contributed by atoms with Gasteiger partial charge >= 0.3 is 0 Å². The van der Waals surface area contributed by atoms with E-state index in [-0.39, 0.29) is 12.5 Å². The van der Waals surface area contributed by atoms with Gasteiger partial charge in [0.05, 0.1) is 23.0 Å². The Morgan fingerprint density at radius 2 is 2.17 bits per heavy atom. The number of hydrazone groups is 1. The SMILES string of the molecule is C=C(C)[C@@H]1CC=C(C)C(=NNC(=O)CNc2ccccc2Cl)C1. The lowest BCUT2D eigenvalue weighted by Gasteiger charge is -2.22. The zero-order valence-corrected chi connectivity index (χ0v) is 14.3. The van der Waals surface area contributed by atoms with Crippen molar-refractivity contribution >= 4 is 28.9 Å². The summed E-state index contributed by atoms with van der Waals surface area (Å²) >= 11 is 6.03. The lowest BCUT2D eigenvalue weighted by atomic mass is 9.85. The Kier molecular flexibility index (Phi) is 5.99. The number of carbonyl (C=O) groups is 1. The van der Waals surface area contributed by atoms with Crippen LogP contribution in [0.3, 0.4) is 0 Å². The van der Waals surface area contributed by atoms with Crippen LogP contribution >= 0.6 is 11.6 Å². The topological polar surface area (TPSA) is 53.5 Å². The molecular formula is C18H22ClN3O. The van der Waals surface area contributed by atoms with Gasteiger partial charge in [0.1, 0.15) is 0 Å². The fourth-order valence-electron chi connectivity index (χ4n) is 2.37. The number of anilines is 1. The summed E-state index contributed by atoms with van der Waals surface area (Å²) in [5, 5.41) is 7.85. The quantitative estimate of drug-likeness (QED) is 0.629. The van der Waals surface area contributed by atoms with E-state index in [2.05, 4.69) is 28.5 Å². The molecule has 1 atom stereocenters. The average molecular weight is 332 g/mol. The Bertz CT molecular complexity index is 664. The molecule has 0 spiro atoms. The van der Waals surface area contributed by atoms with Crippen molar-refractivity contribution in [2.75, 3.05) is 11.9 Å². The van der Waals surface area contributed by atoms with Crippen LogP contribution in [0, 0.1) is 5.92 Å². The summed E-state index contributed by atoms with van der Waals surface area (Å²) in [6.07, 6.45) is 3.95. The molecule has 1 amide bonds. The predicted octanol–water partition coefficient (Wildman–Crippen LogP) is 4.16. The molecule has 0 heterocycles. The summed E-state index contributed by atoms with van der Waals surface area (Å²) in [5.74, 6) is 0.193. The molecule has 5 heteroatoms. The third kappa shape index (κ3) is 4.96. The largest absolute Gasteiger partial charge is 0.375 e. The van der Waals surface area contributed by atoms with E-state index in [1.54, 1.807) is 6.07 Å². The number of nitrogens with zero attached hydrogens (tertiary/aromatic N) is 1. The second-order valence-electron chi connectivity index (χ2n) is 5.80. The van der Waals surface area contributed by atoms with E-state index >= 15 is 0 Å². The number of halogens is 1. The molecule has 0 bridgehead atoms. The Hall–Kier alpha value is -2.07. The molecule has 122 valence electrons. The maximum absolute atomic E-state index is 11.9. The first kappa shape index (κ1) is 17.3. The molecule has 0 aromatic heterocycles. The lowest BCUT2D eigenvalue weighted by Crippen LogP contribution is -2.28. The van der Waals surface area contributed by atoms with Crippen molar-refractivity contribution in [2.45, 2.75) is 26.7 Å². The van der Waals surface area contributed by atoms with E-state index in [0.717, 1.165) is 35.4 Å². The number of amides is 1. The maximum Gasteiger partial charge on any atom is 0.259 e. The van der Waals surface area contributed by atoms with Crippen LogP contribution in [-0.4, -0.2) is 18.2 Å². The van der Waals surface area contributed by atoms with Gasteiger partial charge < -0.3 is 5.32 Å². The Morgan fingerprint density at radius 1 is 1.43 bits per heavy atom. The van der Waals surface area contributed by atoms with Crippen molar-refractivity contribution in [3.05, 3.63) is 53.1 Å². The number of allylic oxidation sites excluding steroid dienone is 3. The van der Waals surface area contributed by atoms with E-state index < -0.39 is 0 Å². The van der Waals surface area contributed by atoms with Gasteiger partial charge in [-0.05, 0) is 50.3 Å². The fourth-order valence-corrected chi connectivity index (χ4v) is 2.58. The number of hydrogen-bond acceptors (Lipinski definition) is 3. The third-order valence-electron chi connectivity index (χ3n) is 3.93. The van der Waals surface area contributed by atoms with Crippen LogP contribution in [0.15, 0.2) is 53.2 Å². The number of carbonyl (C=O) groups excluding carboxylic acids is 1. The van der Waals surface area contributed by atoms with Gasteiger partial charge in [0.15, 0.2) is 0 Å². The Labute approximate surface area is 142 Å². The van der Waals surface area contributed by atoms with Crippen LogP contribution in [0.1, 0.15) is 26.7 Å². The van der Waals surface area contributed by atoms with Gasteiger partial charge in [-0.2, -0.15) is 5.10 Å². The van der Waals surface area contributed by atoms with Crippen LogP contribution in [0.25, 0.3) is 0 Å². The first-order valence-electron chi connectivity index (χ1n) is 7.63. The minimum Gasteiger partial charge on any atom is -0.375 e. The lowest BCUT2D eigenvalue weighted by molar-refractivity contribution is -0.119. The van der Waals surface area contributed by atoms with Gasteiger partial charge in [0, 0.05) is 0 Å². The zero-order valence-electron chi connectivity index (χ0n) is 13.5. The molecule has 0 fully saturated rings. The molecule has 0 saturated heterocycles. The van der Waals surface area contributed by atoms with Crippen molar-refractivity contribution in [1.29, 1.82) is 0 Å².